The highest BCUT2D eigenvalue weighted by Crippen LogP contribution is 2.32. The molecule has 19 heavy (non-hydrogen) atoms. The van der Waals surface area contributed by atoms with Crippen LogP contribution in [0.15, 0.2) is 0 Å². The molecule has 0 aromatic carbocycles. The molecular weight excluding hydrogens is 256 g/mol. The Balaban J connectivity index is 2.17. The van der Waals surface area contributed by atoms with Crippen molar-refractivity contribution in [3.8, 4) is 0 Å². The Morgan fingerprint density at radius 1 is 1.32 bits per heavy atom. The number of nitrogens with two attached hydrogens (primary N) is 1. The summed E-state index contributed by atoms with van der Waals surface area (Å²) in [5, 5.41) is 1.17. The fourth-order valence-electron chi connectivity index (χ4n) is 2.45. The van der Waals surface area contributed by atoms with Gasteiger partial charge in [0.2, 0.25) is 0 Å². The van der Waals surface area contributed by atoms with Crippen molar-refractivity contribution < 1.29 is 0 Å². The second-order valence-electron chi connectivity index (χ2n) is 5.46. The smallest absolute Gasteiger partial charge is 0.185 e. The molecule has 108 valence electrons. The van der Waals surface area contributed by atoms with Crippen molar-refractivity contribution in [1.82, 2.24) is 9.88 Å². The average molecular weight is 282 g/mol. The molecule has 0 saturated carbocycles. The summed E-state index contributed by atoms with van der Waals surface area (Å²) in [4.78, 5) is 11.0. The monoisotopic (exact) mass is 282 g/mol. The molecule has 0 spiro atoms. The maximum Gasteiger partial charge on any atom is 0.185 e. The molecule has 1 aromatic heterocycles. The molecule has 0 amide bonds. The molecule has 1 aliphatic heterocycles. The number of rotatable bonds is 4. The van der Waals surface area contributed by atoms with E-state index in [1.165, 1.54) is 28.7 Å². The maximum atomic E-state index is 5.88. The molecule has 2 heterocycles. The zero-order valence-electron chi connectivity index (χ0n) is 12.4. The minimum atomic E-state index is 0.512. The third kappa shape index (κ3) is 3.46. The highest BCUT2D eigenvalue weighted by molar-refractivity contribution is 7.15. The summed E-state index contributed by atoms with van der Waals surface area (Å²) in [6, 6.07) is 0. The molecule has 2 rings (SSSR count). The Morgan fingerprint density at radius 3 is 2.79 bits per heavy atom. The van der Waals surface area contributed by atoms with Gasteiger partial charge in [0, 0.05) is 31.1 Å². The predicted octanol–water partition coefficient (Wildman–Crippen LogP) is 2.26. The van der Waals surface area contributed by atoms with Crippen molar-refractivity contribution in [3.05, 3.63) is 10.6 Å². The average Bonchev–Trinajstić information content (AvgIpc) is 2.74. The highest BCUT2D eigenvalue weighted by atomic mass is 32.1. The van der Waals surface area contributed by atoms with E-state index in [0.29, 0.717) is 12.5 Å². The van der Waals surface area contributed by atoms with E-state index in [4.69, 9.17) is 10.7 Å². The molecule has 1 unspecified atom stereocenters. The summed E-state index contributed by atoms with van der Waals surface area (Å²) in [6.07, 6.45) is 2.34. The van der Waals surface area contributed by atoms with Crippen molar-refractivity contribution in [2.24, 2.45) is 5.73 Å². The van der Waals surface area contributed by atoms with Gasteiger partial charge in [-0.15, -0.1) is 11.3 Å². The molecule has 0 aliphatic carbocycles. The van der Waals surface area contributed by atoms with Crippen LogP contribution in [-0.4, -0.2) is 43.1 Å². The Hall–Kier alpha value is -0.650. The third-order valence-corrected chi connectivity index (χ3v) is 5.13. The fraction of sp³-hybridized carbons (Fsp3) is 0.786. The van der Waals surface area contributed by atoms with Gasteiger partial charge in [0.1, 0.15) is 0 Å². The molecule has 5 heteroatoms. The van der Waals surface area contributed by atoms with Crippen LogP contribution < -0.4 is 10.6 Å². The van der Waals surface area contributed by atoms with Gasteiger partial charge in [-0.05, 0) is 32.4 Å². The van der Waals surface area contributed by atoms with Crippen LogP contribution in [0, 0.1) is 0 Å². The molecule has 1 aromatic rings. The number of thiazole rings is 1. The second-order valence-corrected chi connectivity index (χ2v) is 6.52. The van der Waals surface area contributed by atoms with E-state index < -0.39 is 0 Å². The Morgan fingerprint density at radius 2 is 2.11 bits per heavy atom. The van der Waals surface area contributed by atoms with E-state index in [1.54, 1.807) is 11.3 Å². The topological polar surface area (TPSA) is 45.4 Å². The quantitative estimate of drug-likeness (QED) is 0.920. The van der Waals surface area contributed by atoms with Crippen molar-refractivity contribution in [2.45, 2.75) is 39.2 Å². The van der Waals surface area contributed by atoms with Gasteiger partial charge < -0.3 is 15.5 Å². The normalized spacial score (nSPS) is 19.5. The summed E-state index contributed by atoms with van der Waals surface area (Å²) >= 11 is 1.79. The third-order valence-electron chi connectivity index (χ3n) is 3.97. The van der Waals surface area contributed by atoms with E-state index in [0.717, 1.165) is 26.1 Å². The summed E-state index contributed by atoms with van der Waals surface area (Å²) in [5.41, 5.74) is 7.11. The van der Waals surface area contributed by atoms with Gasteiger partial charge in [-0.3, -0.25) is 0 Å². The lowest BCUT2D eigenvalue weighted by atomic mass is 10.0. The molecule has 1 aliphatic rings. The fourth-order valence-corrected chi connectivity index (χ4v) is 3.56. The molecule has 1 atom stereocenters. The number of likely N-dealkylation sites (N-methyl/N-ethyl adjacent to an activating group) is 1. The lowest BCUT2D eigenvalue weighted by molar-refractivity contribution is 0.360. The highest BCUT2D eigenvalue weighted by Gasteiger charge is 2.20. The molecule has 2 N–H and O–H groups in total. The SMILES string of the molecule is CCC(C)c1nc(N2CCCN(C)CC2)sc1CN. The number of nitrogens with zero attached hydrogens (tertiary/aromatic N) is 3. The largest absolute Gasteiger partial charge is 0.347 e. The van der Waals surface area contributed by atoms with Crippen molar-refractivity contribution >= 4 is 16.5 Å². The van der Waals surface area contributed by atoms with Gasteiger partial charge in [-0.2, -0.15) is 0 Å². The first-order valence-corrected chi connectivity index (χ1v) is 8.10. The Kier molecular flexibility index (Phi) is 5.19. The Bertz CT molecular complexity index is 404. The first-order valence-electron chi connectivity index (χ1n) is 7.28. The first-order chi connectivity index (χ1) is 9.15. The van der Waals surface area contributed by atoms with Gasteiger partial charge in [-0.1, -0.05) is 13.8 Å². The van der Waals surface area contributed by atoms with E-state index in [2.05, 4.69) is 30.7 Å². The summed E-state index contributed by atoms with van der Waals surface area (Å²) in [7, 11) is 2.20. The minimum Gasteiger partial charge on any atom is -0.347 e. The lowest BCUT2D eigenvalue weighted by Crippen LogP contribution is -2.28. The van der Waals surface area contributed by atoms with Crippen molar-refractivity contribution in [3.63, 3.8) is 0 Å². The van der Waals surface area contributed by atoms with Crippen LogP contribution >= 0.6 is 11.3 Å². The van der Waals surface area contributed by atoms with Gasteiger partial charge in [0.15, 0.2) is 5.13 Å². The van der Waals surface area contributed by atoms with E-state index >= 15 is 0 Å². The van der Waals surface area contributed by atoms with Gasteiger partial charge >= 0.3 is 0 Å². The number of hydrogen-bond donors (Lipinski definition) is 1. The van der Waals surface area contributed by atoms with Crippen LogP contribution in [0.3, 0.4) is 0 Å². The van der Waals surface area contributed by atoms with E-state index in [9.17, 15) is 0 Å². The van der Waals surface area contributed by atoms with Crippen LogP contribution in [-0.2, 0) is 6.54 Å². The van der Waals surface area contributed by atoms with Gasteiger partial charge in [-0.25, -0.2) is 4.98 Å². The Labute approximate surface area is 120 Å². The van der Waals surface area contributed by atoms with E-state index in [1.807, 2.05) is 0 Å². The standard InChI is InChI=1S/C14H26N4S/c1-4-11(2)13-12(10-15)19-14(16-13)18-7-5-6-17(3)8-9-18/h11H,4-10,15H2,1-3H3. The minimum absolute atomic E-state index is 0.512. The van der Waals surface area contributed by atoms with Crippen molar-refractivity contribution in [1.29, 1.82) is 0 Å². The molecular formula is C14H26N4S. The molecule has 1 fully saturated rings. The maximum absolute atomic E-state index is 5.88. The summed E-state index contributed by atoms with van der Waals surface area (Å²) in [6.45, 7) is 9.57. The zero-order valence-corrected chi connectivity index (χ0v) is 13.2. The molecule has 0 bridgehead atoms. The predicted molar refractivity (Wildman–Crippen MR) is 83.0 cm³/mol. The lowest BCUT2D eigenvalue weighted by Gasteiger charge is -2.19. The van der Waals surface area contributed by atoms with Gasteiger partial charge in [0.25, 0.3) is 0 Å². The molecule has 4 nitrogen and oxygen atoms in total. The second kappa shape index (κ2) is 6.68. The zero-order chi connectivity index (χ0) is 13.8. The van der Waals surface area contributed by atoms with E-state index in [-0.39, 0.29) is 0 Å². The van der Waals surface area contributed by atoms with Crippen LogP contribution in [0.25, 0.3) is 0 Å². The van der Waals surface area contributed by atoms with Crippen LogP contribution in [0.4, 0.5) is 5.13 Å². The molecule has 0 radical (unpaired) electrons. The first kappa shape index (κ1) is 14.8. The van der Waals surface area contributed by atoms with Crippen molar-refractivity contribution in [2.75, 3.05) is 38.1 Å². The number of hydrogen-bond acceptors (Lipinski definition) is 5. The number of aromatic nitrogens is 1. The van der Waals surface area contributed by atoms with Crippen LogP contribution in [0.2, 0.25) is 0 Å². The molecule has 1 saturated heterocycles. The van der Waals surface area contributed by atoms with Crippen LogP contribution in [0.1, 0.15) is 43.2 Å². The van der Waals surface area contributed by atoms with Crippen LogP contribution in [0.5, 0.6) is 0 Å². The van der Waals surface area contributed by atoms with Gasteiger partial charge in [0.05, 0.1) is 5.69 Å². The number of anilines is 1. The summed E-state index contributed by atoms with van der Waals surface area (Å²) in [5.74, 6) is 0.512. The summed E-state index contributed by atoms with van der Waals surface area (Å²) < 4.78 is 0.